The van der Waals surface area contributed by atoms with Crippen LogP contribution in [0.15, 0.2) is 92.5 Å². The number of benzene rings is 3. The lowest BCUT2D eigenvalue weighted by molar-refractivity contribution is 0.415. The van der Waals surface area contributed by atoms with Crippen LogP contribution in [0.4, 0.5) is 0 Å². The van der Waals surface area contributed by atoms with Gasteiger partial charge in [0, 0.05) is 12.0 Å². The fourth-order valence-electron chi connectivity index (χ4n) is 3.73. The van der Waals surface area contributed by atoms with E-state index in [0.717, 1.165) is 33.6 Å². The van der Waals surface area contributed by atoms with Crippen LogP contribution in [0.25, 0.3) is 33.1 Å². The summed E-state index contributed by atoms with van der Waals surface area (Å²) >= 11 is 0. The second kappa shape index (κ2) is 6.99. The van der Waals surface area contributed by atoms with E-state index in [9.17, 15) is 4.79 Å². The number of fused-ring (bicyclic) bond motifs is 3. The largest absolute Gasteiger partial charge is 0.497 e. The maximum atomic E-state index is 12.9. The molecular weight excluding hydrogens is 364 g/mol. The summed E-state index contributed by atoms with van der Waals surface area (Å²) in [7, 11) is 1.63. The Morgan fingerprint density at radius 3 is 2.31 bits per heavy atom. The Bertz CT molecular complexity index is 1360. The van der Waals surface area contributed by atoms with Crippen molar-refractivity contribution < 1.29 is 13.6 Å². The Hall–Kier alpha value is -3.79. The van der Waals surface area contributed by atoms with E-state index in [1.165, 1.54) is 0 Å². The second-order valence-corrected chi connectivity index (χ2v) is 6.88. The third-order valence-electron chi connectivity index (χ3n) is 5.11. The van der Waals surface area contributed by atoms with Crippen molar-refractivity contribution in [2.75, 3.05) is 7.11 Å². The molecule has 0 unspecified atom stereocenters. The van der Waals surface area contributed by atoms with E-state index in [1.54, 1.807) is 13.2 Å². The molecule has 3 aromatic carbocycles. The van der Waals surface area contributed by atoms with Gasteiger partial charge in [-0.2, -0.15) is 0 Å². The number of hydrogen-bond acceptors (Lipinski definition) is 4. The first kappa shape index (κ1) is 17.3. The van der Waals surface area contributed by atoms with Gasteiger partial charge in [-0.1, -0.05) is 54.6 Å². The molecule has 0 radical (unpaired) electrons. The van der Waals surface area contributed by atoms with Crippen molar-refractivity contribution in [3.63, 3.8) is 0 Å². The minimum absolute atomic E-state index is 0.396. The fourth-order valence-corrected chi connectivity index (χ4v) is 3.73. The first-order valence-corrected chi connectivity index (χ1v) is 9.40. The SMILES string of the molecule is COc1ccc(-c2c(Cc3ccccc3)oc3c2c(=O)oc2ccccc23)cc1. The van der Waals surface area contributed by atoms with Gasteiger partial charge in [0.25, 0.3) is 0 Å². The molecule has 0 saturated heterocycles. The molecule has 2 aromatic heterocycles. The summed E-state index contributed by atoms with van der Waals surface area (Å²) in [6.07, 6.45) is 0.574. The maximum Gasteiger partial charge on any atom is 0.348 e. The highest BCUT2D eigenvalue weighted by Crippen LogP contribution is 2.38. The van der Waals surface area contributed by atoms with E-state index in [2.05, 4.69) is 0 Å². The predicted molar refractivity (Wildman–Crippen MR) is 113 cm³/mol. The molecule has 4 nitrogen and oxygen atoms in total. The molecule has 5 aromatic rings. The first-order valence-electron chi connectivity index (χ1n) is 9.40. The monoisotopic (exact) mass is 382 g/mol. The highest BCUT2D eigenvalue weighted by Gasteiger charge is 2.22. The molecule has 0 atom stereocenters. The average molecular weight is 382 g/mol. The van der Waals surface area contributed by atoms with Crippen molar-refractivity contribution in [1.29, 1.82) is 0 Å². The lowest BCUT2D eigenvalue weighted by atomic mass is 9.99. The van der Waals surface area contributed by atoms with Crippen LogP contribution in [0.3, 0.4) is 0 Å². The minimum Gasteiger partial charge on any atom is -0.497 e. The van der Waals surface area contributed by atoms with Gasteiger partial charge in [0.15, 0.2) is 5.58 Å². The molecule has 0 amide bonds. The van der Waals surface area contributed by atoms with E-state index in [-0.39, 0.29) is 0 Å². The Morgan fingerprint density at radius 1 is 0.828 bits per heavy atom. The summed E-state index contributed by atoms with van der Waals surface area (Å²) in [5.41, 5.74) is 3.45. The fraction of sp³-hybridized carbons (Fsp3) is 0.0800. The predicted octanol–water partition coefficient (Wildman–Crippen LogP) is 5.81. The van der Waals surface area contributed by atoms with Crippen LogP contribution in [0.2, 0.25) is 0 Å². The molecule has 0 aliphatic heterocycles. The molecule has 5 rings (SSSR count). The summed E-state index contributed by atoms with van der Waals surface area (Å²) in [5.74, 6) is 1.49. The average Bonchev–Trinajstić information content (AvgIpc) is 3.14. The van der Waals surface area contributed by atoms with Crippen molar-refractivity contribution in [2.45, 2.75) is 6.42 Å². The zero-order valence-corrected chi connectivity index (χ0v) is 15.8. The van der Waals surface area contributed by atoms with Crippen LogP contribution in [0, 0.1) is 0 Å². The molecule has 2 heterocycles. The molecule has 0 spiro atoms. The zero-order chi connectivity index (χ0) is 19.8. The quantitative estimate of drug-likeness (QED) is 0.368. The Balaban J connectivity index is 1.82. The van der Waals surface area contributed by atoms with Gasteiger partial charge in [-0.3, -0.25) is 0 Å². The summed E-state index contributed by atoms with van der Waals surface area (Å²) in [6.45, 7) is 0. The van der Waals surface area contributed by atoms with Crippen LogP contribution in [0.1, 0.15) is 11.3 Å². The van der Waals surface area contributed by atoms with E-state index in [1.807, 2.05) is 72.8 Å². The second-order valence-electron chi connectivity index (χ2n) is 6.88. The Labute approximate surface area is 167 Å². The molecule has 0 bridgehead atoms. The third kappa shape index (κ3) is 2.99. The lowest BCUT2D eigenvalue weighted by Gasteiger charge is -2.05. The molecule has 0 N–H and O–H groups in total. The normalized spacial score (nSPS) is 11.2. The smallest absolute Gasteiger partial charge is 0.348 e. The molecule has 0 aliphatic carbocycles. The van der Waals surface area contributed by atoms with Crippen LogP contribution < -0.4 is 10.4 Å². The van der Waals surface area contributed by atoms with E-state index in [0.29, 0.717) is 23.0 Å². The molecule has 0 saturated carbocycles. The number of hydrogen-bond donors (Lipinski definition) is 0. The van der Waals surface area contributed by atoms with Gasteiger partial charge in [-0.15, -0.1) is 0 Å². The number of furan rings is 1. The van der Waals surface area contributed by atoms with Crippen LogP contribution >= 0.6 is 0 Å². The molecule has 29 heavy (non-hydrogen) atoms. The standard InChI is InChI=1S/C25H18O4/c1-27-18-13-11-17(12-14-18)22-21(15-16-7-3-2-4-8-16)28-24-19-9-5-6-10-20(19)29-25(26)23(22)24/h2-14H,15H2,1H3. The number of methoxy groups -OCH3 is 1. The third-order valence-corrected chi connectivity index (χ3v) is 5.11. The minimum atomic E-state index is -0.396. The van der Waals surface area contributed by atoms with Crippen molar-refractivity contribution in [2.24, 2.45) is 0 Å². The van der Waals surface area contributed by atoms with E-state index < -0.39 is 5.63 Å². The number of para-hydroxylation sites is 1. The summed E-state index contributed by atoms with van der Waals surface area (Å²) in [5, 5.41) is 1.26. The van der Waals surface area contributed by atoms with Gasteiger partial charge >= 0.3 is 5.63 Å². The molecule has 142 valence electrons. The summed E-state index contributed by atoms with van der Waals surface area (Å²) in [6, 6.07) is 25.1. The van der Waals surface area contributed by atoms with Crippen LogP contribution in [0.5, 0.6) is 5.75 Å². The van der Waals surface area contributed by atoms with Crippen LogP contribution in [-0.4, -0.2) is 7.11 Å². The van der Waals surface area contributed by atoms with Crippen molar-refractivity contribution in [1.82, 2.24) is 0 Å². The molecule has 0 aliphatic rings. The van der Waals surface area contributed by atoms with Crippen LogP contribution in [-0.2, 0) is 6.42 Å². The summed E-state index contributed by atoms with van der Waals surface area (Å²) in [4.78, 5) is 12.9. The van der Waals surface area contributed by atoms with Crippen molar-refractivity contribution in [3.05, 3.63) is 101 Å². The maximum absolute atomic E-state index is 12.9. The highest BCUT2D eigenvalue weighted by molar-refractivity contribution is 6.07. The topological polar surface area (TPSA) is 52.6 Å². The summed E-state index contributed by atoms with van der Waals surface area (Å²) < 4.78 is 17.2. The molecule has 4 heteroatoms. The van der Waals surface area contributed by atoms with Gasteiger partial charge in [-0.05, 0) is 35.4 Å². The zero-order valence-electron chi connectivity index (χ0n) is 15.8. The van der Waals surface area contributed by atoms with E-state index >= 15 is 0 Å². The number of rotatable bonds is 4. The Morgan fingerprint density at radius 2 is 1.55 bits per heavy atom. The first-order chi connectivity index (χ1) is 14.2. The van der Waals surface area contributed by atoms with Crippen molar-refractivity contribution >= 4 is 21.9 Å². The highest BCUT2D eigenvalue weighted by atomic mass is 16.5. The van der Waals surface area contributed by atoms with Gasteiger partial charge in [0.05, 0.1) is 12.5 Å². The van der Waals surface area contributed by atoms with Gasteiger partial charge in [0.1, 0.15) is 22.5 Å². The number of ether oxygens (including phenoxy) is 1. The van der Waals surface area contributed by atoms with Gasteiger partial charge in [-0.25, -0.2) is 4.79 Å². The van der Waals surface area contributed by atoms with Gasteiger partial charge in [0.2, 0.25) is 0 Å². The van der Waals surface area contributed by atoms with E-state index in [4.69, 9.17) is 13.6 Å². The lowest BCUT2D eigenvalue weighted by Crippen LogP contribution is -2.00. The molecule has 0 fully saturated rings. The van der Waals surface area contributed by atoms with Gasteiger partial charge < -0.3 is 13.6 Å². The van der Waals surface area contributed by atoms with Crippen molar-refractivity contribution in [3.8, 4) is 16.9 Å². The molecular formula is C25H18O4. The Kier molecular flexibility index (Phi) is 4.17.